The van der Waals surface area contributed by atoms with Crippen LogP contribution in [0.15, 0.2) is 12.3 Å². The van der Waals surface area contributed by atoms with Gasteiger partial charge in [-0.3, -0.25) is 4.68 Å². The second-order valence-corrected chi connectivity index (χ2v) is 2.66. The molecule has 0 bridgehead atoms. The quantitative estimate of drug-likeness (QED) is 0.680. The van der Waals surface area contributed by atoms with Crippen LogP contribution < -0.4 is 5.73 Å². The lowest BCUT2D eigenvalue weighted by Gasteiger charge is -2.10. The Kier molecular flexibility index (Phi) is 3.25. The first-order valence-corrected chi connectivity index (χ1v) is 4.19. The van der Waals surface area contributed by atoms with Gasteiger partial charge in [0.05, 0.1) is 11.8 Å². The Balaban J connectivity index is 2.71. The third-order valence-corrected chi connectivity index (χ3v) is 1.83. The molecule has 0 saturated carbocycles. The van der Waals surface area contributed by atoms with Crippen molar-refractivity contribution < 1.29 is 5.11 Å². The molecule has 0 aliphatic rings. The number of hydrogen-bond acceptors (Lipinski definition) is 3. The predicted octanol–water partition coefficient (Wildman–Crippen LogP) is 0.285. The largest absolute Gasteiger partial charge is 0.387 e. The monoisotopic (exact) mass is 169 g/mol. The van der Waals surface area contributed by atoms with Gasteiger partial charge in [-0.1, -0.05) is 0 Å². The number of hydrogen-bond donors (Lipinski definition) is 2. The van der Waals surface area contributed by atoms with Crippen molar-refractivity contribution in [2.45, 2.75) is 26.0 Å². The summed E-state index contributed by atoms with van der Waals surface area (Å²) in [5.74, 6) is 0. The molecule has 0 amide bonds. The molecular formula is C8H15N3O. The van der Waals surface area contributed by atoms with Gasteiger partial charge < -0.3 is 10.8 Å². The van der Waals surface area contributed by atoms with E-state index >= 15 is 0 Å². The fraction of sp³-hybridized carbons (Fsp3) is 0.625. The van der Waals surface area contributed by atoms with Gasteiger partial charge in [-0.2, -0.15) is 5.10 Å². The highest BCUT2D eigenvalue weighted by molar-refractivity contribution is 5.04. The molecule has 1 rings (SSSR count). The number of aliphatic hydroxyl groups is 1. The summed E-state index contributed by atoms with van der Waals surface area (Å²) in [6, 6.07) is 1.82. The minimum atomic E-state index is -0.475. The fourth-order valence-electron chi connectivity index (χ4n) is 1.20. The molecule has 1 atom stereocenters. The van der Waals surface area contributed by atoms with Crippen LogP contribution in [0.3, 0.4) is 0 Å². The fourth-order valence-corrected chi connectivity index (χ4v) is 1.20. The lowest BCUT2D eigenvalue weighted by molar-refractivity contribution is 0.159. The average Bonchev–Trinajstić information content (AvgIpc) is 2.51. The number of aromatic nitrogens is 2. The number of nitrogens with zero attached hydrogens (tertiary/aromatic N) is 2. The zero-order chi connectivity index (χ0) is 8.97. The van der Waals surface area contributed by atoms with Crippen molar-refractivity contribution in [1.29, 1.82) is 0 Å². The summed E-state index contributed by atoms with van der Waals surface area (Å²) in [6.45, 7) is 3.27. The molecule has 1 aromatic heterocycles. The van der Waals surface area contributed by atoms with Crippen LogP contribution in [0.5, 0.6) is 0 Å². The molecule has 4 nitrogen and oxygen atoms in total. The zero-order valence-corrected chi connectivity index (χ0v) is 7.27. The summed E-state index contributed by atoms with van der Waals surface area (Å²) in [6.07, 6.45) is 1.81. The molecular weight excluding hydrogens is 154 g/mol. The highest BCUT2D eigenvalue weighted by Crippen LogP contribution is 2.14. The zero-order valence-electron chi connectivity index (χ0n) is 7.27. The summed E-state index contributed by atoms with van der Waals surface area (Å²) in [5.41, 5.74) is 6.19. The molecule has 0 aliphatic carbocycles. The summed E-state index contributed by atoms with van der Waals surface area (Å²) in [7, 11) is 0. The molecule has 3 N–H and O–H groups in total. The number of aryl methyl sites for hydroxylation is 1. The van der Waals surface area contributed by atoms with E-state index in [1.54, 1.807) is 10.9 Å². The van der Waals surface area contributed by atoms with E-state index < -0.39 is 6.10 Å². The van der Waals surface area contributed by atoms with Crippen molar-refractivity contribution in [2.75, 3.05) is 6.54 Å². The lowest BCUT2D eigenvalue weighted by atomic mass is 10.2. The maximum absolute atomic E-state index is 9.58. The molecule has 1 aromatic rings. The Bertz CT molecular complexity index is 234. The Morgan fingerprint density at radius 1 is 1.75 bits per heavy atom. The molecule has 68 valence electrons. The van der Waals surface area contributed by atoms with Crippen LogP contribution in [0, 0.1) is 0 Å². The van der Waals surface area contributed by atoms with Crippen molar-refractivity contribution >= 4 is 0 Å². The second kappa shape index (κ2) is 4.23. The van der Waals surface area contributed by atoms with E-state index in [2.05, 4.69) is 5.10 Å². The third-order valence-electron chi connectivity index (χ3n) is 1.83. The maximum Gasteiger partial charge on any atom is 0.0968 e. The summed E-state index contributed by atoms with van der Waals surface area (Å²) in [4.78, 5) is 0. The van der Waals surface area contributed by atoms with Crippen molar-refractivity contribution in [3.05, 3.63) is 18.0 Å². The minimum Gasteiger partial charge on any atom is -0.387 e. The van der Waals surface area contributed by atoms with Gasteiger partial charge in [0, 0.05) is 12.7 Å². The topological polar surface area (TPSA) is 64.1 Å². The van der Waals surface area contributed by atoms with Crippen LogP contribution in [-0.2, 0) is 6.54 Å². The number of aliphatic hydroxyl groups excluding tert-OH is 1. The van der Waals surface area contributed by atoms with Gasteiger partial charge in [-0.25, -0.2) is 0 Å². The standard InChI is InChI=1S/C8H15N3O/c1-2-11-7(4-6-10-11)8(12)3-5-9/h4,6,8,12H,2-3,5,9H2,1H3/t8-/m1/s1. The molecule has 0 aliphatic heterocycles. The van der Waals surface area contributed by atoms with E-state index in [0.29, 0.717) is 13.0 Å². The van der Waals surface area contributed by atoms with Crippen molar-refractivity contribution in [3.63, 3.8) is 0 Å². The first-order valence-electron chi connectivity index (χ1n) is 4.19. The van der Waals surface area contributed by atoms with Crippen molar-refractivity contribution in [3.8, 4) is 0 Å². The Morgan fingerprint density at radius 2 is 2.50 bits per heavy atom. The molecule has 0 aromatic carbocycles. The lowest BCUT2D eigenvalue weighted by Crippen LogP contribution is -2.11. The van der Waals surface area contributed by atoms with Gasteiger partial charge in [-0.15, -0.1) is 0 Å². The van der Waals surface area contributed by atoms with E-state index in [0.717, 1.165) is 12.2 Å². The number of rotatable bonds is 4. The first kappa shape index (κ1) is 9.22. The Morgan fingerprint density at radius 3 is 3.08 bits per heavy atom. The van der Waals surface area contributed by atoms with Crippen LogP contribution in [-0.4, -0.2) is 21.4 Å². The van der Waals surface area contributed by atoms with E-state index in [9.17, 15) is 5.11 Å². The molecule has 0 unspecified atom stereocenters. The van der Waals surface area contributed by atoms with Gasteiger partial charge in [0.15, 0.2) is 0 Å². The smallest absolute Gasteiger partial charge is 0.0968 e. The Labute approximate surface area is 72.0 Å². The minimum absolute atomic E-state index is 0.475. The molecule has 12 heavy (non-hydrogen) atoms. The van der Waals surface area contributed by atoms with Gasteiger partial charge in [0.2, 0.25) is 0 Å². The SMILES string of the molecule is CCn1nccc1[C@H](O)CCN. The molecule has 1 heterocycles. The van der Waals surface area contributed by atoms with Crippen LogP contribution in [0.1, 0.15) is 25.1 Å². The molecule has 0 radical (unpaired) electrons. The normalized spacial score (nSPS) is 13.2. The van der Waals surface area contributed by atoms with Crippen LogP contribution in [0.25, 0.3) is 0 Å². The van der Waals surface area contributed by atoms with Crippen LogP contribution in [0.4, 0.5) is 0 Å². The van der Waals surface area contributed by atoms with E-state index in [-0.39, 0.29) is 0 Å². The molecule has 0 saturated heterocycles. The van der Waals surface area contributed by atoms with Gasteiger partial charge >= 0.3 is 0 Å². The van der Waals surface area contributed by atoms with Gasteiger partial charge in [0.25, 0.3) is 0 Å². The summed E-state index contributed by atoms with van der Waals surface area (Å²) >= 11 is 0. The third kappa shape index (κ3) is 1.84. The second-order valence-electron chi connectivity index (χ2n) is 2.66. The van der Waals surface area contributed by atoms with Crippen LogP contribution in [0.2, 0.25) is 0 Å². The van der Waals surface area contributed by atoms with Crippen molar-refractivity contribution in [2.24, 2.45) is 5.73 Å². The van der Waals surface area contributed by atoms with Crippen molar-refractivity contribution in [1.82, 2.24) is 9.78 Å². The first-order chi connectivity index (χ1) is 5.79. The average molecular weight is 169 g/mol. The molecule has 0 fully saturated rings. The van der Waals surface area contributed by atoms with E-state index in [1.165, 1.54) is 0 Å². The van der Waals surface area contributed by atoms with Crippen LogP contribution >= 0.6 is 0 Å². The predicted molar refractivity (Wildman–Crippen MR) is 46.5 cm³/mol. The molecule has 0 spiro atoms. The van der Waals surface area contributed by atoms with Gasteiger partial charge in [-0.05, 0) is 26.0 Å². The number of nitrogens with two attached hydrogens (primary N) is 1. The summed E-state index contributed by atoms with van der Waals surface area (Å²) < 4.78 is 1.78. The maximum atomic E-state index is 9.58. The van der Waals surface area contributed by atoms with E-state index in [4.69, 9.17) is 5.73 Å². The Hall–Kier alpha value is -0.870. The van der Waals surface area contributed by atoms with Gasteiger partial charge in [0.1, 0.15) is 0 Å². The highest BCUT2D eigenvalue weighted by atomic mass is 16.3. The highest BCUT2D eigenvalue weighted by Gasteiger charge is 2.10. The molecule has 4 heteroatoms. The van der Waals surface area contributed by atoms with E-state index in [1.807, 2.05) is 13.0 Å². The summed E-state index contributed by atoms with van der Waals surface area (Å²) in [5, 5.41) is 13.6.